The van der Waals surface area contributed by atoms with E-state index < -0.39 is 0 Å². The van der Waals surface area contributed by atoms with E-state index in [9.17, 15) is 0 Å². The zero-order valence-corrected chi connectivity index (χ0v) is 9.87. The zero-order chi connectivity index (χ0) is 10.9. The zero-order valence-electron chi connectivity index (χ0n) is 9.87. The Kier molecular flexibility index (Phi) is 5.83. The van der Waals surface area contributed by atoms with Gasteiger partial charge in [0, 0.05) is 6.20 Å². The van der Waals surface area contributed by atoms with E-state index >= 15 is 0 Å². The maximum atomic E-state index is 3.93. The molecule has 0 aliphatic rings. The second kappa shape index (κ2) is 7.27. The molecule has 1 heterocycles. The lowest BCUT2D eigenvalue weighted by atomic mass is 9.96. The van der Waals surface area contributed by atoms with Crippen LogP contribution in [-0.4, -0.2) is 10.2 Å². The van der Waals surface area contributed by atoms with Crippen molar-refractivity contribution in [3.63, 3.8) is 0 Å². The summed E-state index contributed by atoms with van der Waals surface area (Å²) in [7, 11) is 0. The van der Waals surface area contributed by atoms with E-state index in [1.54, 1.807) is 6.20 Å². The molecule has 0 saturated carbocycles. The van der Waals surface area contributed by atoms with Gasteiger partial charge >= 0.3 is 0 Å². The van der Waals surface area contributed by atoms with Crippen LogP contribution in [-0.2, 0) is 0 Å². The first-order valence-electron chi connectivity index (χ1n) is 6.04. The fourth-order valence-corrected chi connectivity index (χ4v) is 1.77. The van der Waals surface area contributed by atoms with Gasteiger partial charge in [0.15, 0.2) is 0 Å². The first kappa shape index (κ1) is 12.0. The van der Waals surface area contributed by atoms with Crippen LogP contribution in [0.3, 0.4) is 0 Å². The third-order valence-corrected chi connectivity index (χ3v) is 2.66. The van der Waals surface area contributed by atoms with E-state index in [1.165, 1.54) is 32.1 Å². The Labute approximate surface area is 92.8 Å². The molecule has 1 aromatic rings. The van der Waals surface area contributed by atoms with Gasteiger partial charge in [-0.3, -0.25) is 5.10 Å². The second-order valence-corrected chi connectivity index (χ2v) is 4.06. The van der Waals surface area contributed by atoms with Crippen LogP contribution in [0, 0.1) is 5.92 Å². The molecule has 0 radical (unpaired) electrons. The lowest BCUT2D eigenvalue weighted by Gasteiger charge is -2.09. The van der Waals surface area contributed by atoms with E-state index in [2.05, 4.69) is 36.2 Å². The van der Waals surface area contributed by atoms with Crippen LogP contribution in [0.25, 0.3) is 6.08 Å². The van der Waals surface area contributed by atoms with Gasteiger partial charge in [0.05, 0.1) is 5.69 Å². The SMILES string of the molecule is CCCCC(/C=C/c1ccn[nH]1)CCC. The summed E-state index contributed by atoms with van der Waals surface area (Å²) in [5.74, 6) is 0.734. The van der Waals surface area contributed by atoms with Crippen molar-refractivity contribution in [2.45, 2.75) is 46.0 Å². The van der Waals surface area contributed by atoms with Crippen molar-refractivity contribution in [3.05, 3.63) is 24.0 Å². The molecule has 0 aliphatic heterocycles. The van der Waals surface area contributed by atoms with Crippen LogP contribution in [0.15, 0.2) is 18.3 Å². The highest BCUT2D eigenvalue weighted by atomic mass is 15.1. The van der Waals surface area contributed by atoms with Crippen molar-refractivity contribution in [1.82, 2.24) is 10.2 Å². The summed E-state index contributed by atoms with van der Waals surface area (Å²) in [4.78, 5) is 0. The summed E-state index contributed by atoms with van der Waals surface area (Å²) in [6, 6.07) is 2.00. The molecule has 0 saturated heterocycles. The Morgan fingerprint density at radius 3 is 2.80 bits per heavy atom. The molecule has 0 aromatic carbocycles. The van der Waals surface area contributed by atoms with Crippen LogP contribution in [0.2, 0.25) is 0 Å². The van der Waals surface area contributed by atoms with E-state index in [1.807, 2.05) is 6.07 Å². The number of nitrogens with zero attached hydrogens (tertiary/aromatic N) is 1. The largest absolute Gasteiger partial charge is 0.278 e. The molecule has 0 spiro atoms. The number of hydrogen-bond acceptors (Lipinski definition) is 1. The molecular weight excluding hydrogens is 184 g/mol. The highest BCUT2D eigenvalue weighted by Gasteiger charge is 2.02. The topological polar surface area (TPSA) is 28.7 Å². The molecule has 0 amide bonds. The van der Waals surface area contributed by atoms with Crippen LogP contribution in [0.1, 0.15) is 51.6 Å². The minimum Gasteiger partial charge on any atom is -0.278 e. The van der Waals surface area contributed by atoms with Crippen LogP contribution < -0.4 is 0 Å². The van der Waals surface area contributed by atoms with E-state index in [0.717, 1.165) is 11.6 Å². The Hall–Kier alpha value is -1.05. The number of H-pyrrole nitrogens is 1. The summed E-state index contributed by atoms with van der Waals surface area (Å²) in [6.07, 6.45) is 12.8. The van der Waals surface area contributed by atoms with Crippen molar-refractivity contribution in [2.24, 2.45) is 5.92 Å². The summed E-state index contributed by atoms with van der Waals surface area (Å²) in [6.45, 7) is 4.50. The Morgan fingerprint density at radius 1 is 1.33 bits per heavy atom. The highest BCUT2D eigenvalue weighted by Crippen LogP contribution is 2.17. The van der Waals surface area contributed by atoms with Gasteiger partial charge in [0.1, 0.15) is 0 Å². The van der Waals surface area contributed by atoms with E-state index in [-0.39, 0.29) is 0 Å². The highest BCUT2D eigenvalue weighted by molar-refractivity contribution is 5.43. The molecular formula is C13H22N2. The van der Waals surface area contributed by atoms with Gasteiger partial charge in [0.25, 0.3) is 0 Å². The molecule has 15 heavy (non-hydrogen) atoms. The summed E-state index contributed by atoms with van der Waals surface area (Å²) >= 11 is 0. The molecule has 1 atom stereocenters. The Bertz CT molecular complexity index is 262. The molecule has 0 fully saturated rings. The van der Waals surface area contributed by atoms with Crippen LogP contribution in [0.4, 0.5) is 0 Å². The van der Waals surface area contributed by atoms with E-state index in [0.29, 0.717) is 0 Å². The first-order chi connectivity index (χ1) is 7.36. The number of hydrogen-bond donors (Lipinski definition) is 1. The van der Waals surface area contributed by atoms with Gasteiger partial charge in [-0.15, -0.1) is 0 Å². The maximum Gasteiger partial charge on any atom is 0.0574 e. The fraction of sp³-hybridized carbons (Fsp3) is 0.615. The average Bonchev–Trinajstić information content (AvgIpc) is 2.75. The van der Waals surface area contributed by atoms with Crippen molar-refractivity contribution in [1.29, 1.82) is 0 Å². The number of unbranched alkanes of at least 4 members (excludes halogenated alkanes) is 1. The van der Waals surface area contributed by atoms with Gasteiger partial charge in [0.2, 0.25) is 0 Å². The number of aromatic nitrogens is 2. The third-order valence-electron chi connectivity index (χ3n) is 2.66. The number of allylic oxidation sites excluding steroid dienone is 1. The summed E-state index contributed by atoms with van der Waals surface area (Å²) < 4.78 is 0. The monoisotopic (exact) mass is 206 g/mol. The molecule has 0 aliphatic carbocycles. The molecule has 2 nitrogen and oxygen atoms in total. The van der Waals surface area contributed by atoms with Gasteiger partial charge in [-0.1, -0.05) is 39.2 Å². The van der Waals surface area contributed by atoms with Gasteiger partial charge < -0.3 is 0 Å². The maximum absolute atomic E-state index is 3.93. The van der Waals surface area contributed by atoms with Crippen molar-refractivity contribution < 1.29 is 0 Å². The molecule has 1 unspecified atom stereocenters. The predicted octanol–water partition coefficient (Wildman–Crippen LogP) is 4.03. The normalized spacial score (nSPS) is 13.5. The second-order valence-electron chi connectivity index (χ2n) is 4.06. The van der Waals surface area contributed by atoms with Gasteiger partial charge in [-0.2, -0.15) is 5.10 Å². The minimum absolute atomic E-state index is 0.734. The number of nitrogens with one attached hydrogen (secondary N) is 1. The average molecular weight is 206 g/mol. The fourth-order valence-electron chi connectivity index (χ4n) is 1.77. The standard InChI is InChI=1S/C13H22N2/c1-3-5-7-12(6-4-2)8-9-13-10-11-14-15-13/h8-12H,3-7H2,1-2H3,(H,14,15)/b9-8+. The van der Waals surface area contributed by atoms with Crippen LogP contribution in [0.5, 0.6) is 0 Å². The minimum atomic E-state index is 0.734. The van der Waals surface area contributed by atoms with Crippen molar-refractivity contribution in [3.8, 4) is 0 Å². The van der Waals surface area contributed by atoms with Gasteiger partial charge in [-0.25, -0.2) is 0 Å². The first-order valence-corrected chi connectivity index (χ1v) is 6.04. The summed E-state index contributed by atoms with van der Waals surface area (Å²) in [5, 5.41) is 6.89. The molecule has 1 rings (SSSR count). The summed E-state index contributed by atoms with van der Waals surface area (Å²) in [5.41, 5.74) is 1.10. The molecule has 1 N–H and O–H groups in total. The Balaban J connectivity index is 2.42. The lowest BCUT2D eigenvalue weighted by molar-refractivity contribution is 0.513. The van der Waals surface area contributed by atoms with Gasteiger partial charge in [-0.05, 0) is 30.9 Å². The third kappa shape index (κ3) is 4.82. The number of aromatic amines is 1. The van der Waals surface area contributed by atoms with E-state index in [4.69, 9.17) is 0 Å². The molecule has 2 heteroatoms. The Morgan fingerprint density at radius 2 is 2.20 bits per heavy atom. The number of rotatable bonds is 7. The molecule has 1 aromatic heterocycles. The smallest absolute Gasteiger partial charge is 0.0574 e. The van der Waals surface area contributed by atoms with Crippen molar-refractivity contribution >= 4 is 6.08 Å². The molecule has 84 valence electrons. The van der Waals surface area contributed by atoms with Crippen LogP contribution >= 0.6 is 0 Å². The quantitative estimate of drug-likeness (QED) is 0.717. The predicted molar refractivity (Wildman–Crippen MR) is 65.5 cm³/mol. The lowest BCUT2D eigenvalue weighted by Crippen LogP contribution is -1.95. The van der Waals surface area contributed by atoms with Crippen molar-refractivity contribution in [2.75, 3.05) is 0 Å². The molecule has 0 bridgehead atoms.